The summed E-state index contributed by atoms with van der Waals surface area (Å²) in [5.74, 6) is 1.56. The first-order valence-electron chi connectivity index (χ1n) is 7.08. The van der Waals surface area contributed by atoms with Crippen LogP contribution >= 0.6 is 0 Å². The second kappa shape index (κ2) is 7.79. The third kappa shape index (κ3) is 4.44. The van der Waals surface area contributed by atoms with E-state index in [1.165, 1.54) is 7.05 Å². The number of amides is 1. The van der Waals surface area contributed by atoms with Crippen LogP contribution in [0.2, 0.25) is 0 Å². The van der Waals surface area contributed by atoms with Gasteiger partial charge >= 0.3 is 0 Å². The van der Waals surface area contributed by atoms with Crippen molar-refractivity contribution in [3.63, 3.8) is 0 Å². The van der Waals surface area contributed by atoms with E-state index in [0.717, 1.165) is 5.75 Å². The molecule has 0 fully saturated rings. The predicted molar refractivity (Wildman–Crippen MR) is 89.9 cm³/mol. The molecule has 2 aromatic carbocycles. The highest BCUT2D eigenvalue weighted by atomic mass is 16.5. The van der Waals surface area contributed by atoms with Gasteiger partial charge in [-0.3, -0.25) is 9.79 Å². The number of hydrogen-bond donors (Lipinski definition) is 1. The van der Waals surface area contributed by atoms with Gasteiger partial charge in [0.1, 0.15) is 17.2 Å². The molecule has 0 saturated heterocycles. The molecule has 0 saturated carbocycles. The molecule has 0 heterocycles. The number of rotatable bonds is 5. The van der Waals surface area contributed by atoms with E-state index in [0.29, 0.717) is 11.5 Å². The summed E-state index contributed by atoms with van der Waals surface area (Å²) in [6.45, 7) is 1.70. The Morgan fingerprint density at radius 3 is 2.09 bits per heavy atom. The summed E-state index contributed by atoms with van der Waals surface area (Å²) in [7, 11) is 1.54. The van der Waals surface area contributed by atoms with E-state index in [2.05, 4.69) is 4.99 Å². The largest absolute Gasteiger partial charge is 0.457 e. The number of allylic oxidation sites excluding steroid dienone is 1. The van der Waals surface area contributed by atoms with Crippen molar-refractivity contribution in [1.82, 2.24) is 0 Å². The zero-order chi connectivity index (χ0) is 16.7. The van der Waals surface area contributed by atoms with Crippen LogP contribution in [0, 0.1) is 0 Å². The molecular formula is C18H18N2O3. The standard InChI is InChI=1S/C18H18N2O3/c1-3-16(17(19)21)18(20-2)23-15-11-9-14(10-12-15)22-13-7-5-4-6-8-13/h3-12H,1-2H3,(H2,19,21)/b16-3-,20-18+. The molecule has 118 valence electrons. The Labute approximate surface area is 135 Å². The highest BCUT2D eigenvalue weighted by Crippen LogP contribution is 2.24. The monoisotopic (exact) mass is 310 g/mol. The van der Waals surface area contributed by atoms with Crippen molar-refractivity contribution in [3.8, 4) is 17.2 Å². The van der Waals surface area contributed by atoms with Crippen LogP contribution in [-0.2, 0) is 4.79 Å². The predicted octanol–water partition coefficient (Wildman–Crippen LogP) is 3.32. The fraction of sp³-hybridized carbons (Fsp3) is 0.111. The smallest absolute Gasteiger partial charge is 0.253 e. The number of primary amides is 1. The van der Waals surface area contributed by atoms with Crippen LogP contribution in [0.5, 0.6) is 17.2 Å². The number of ether oxygens (including phenoxy) is 2. The number of nitrogens with two attached hydrogens (primary N) is 1. The highest BCUT2D eigenvalue weighted by Gasteiger charge is 2.14. The minimum Gasteiger partial charge on any atom is -0.457 e. The van der Waals surface area contributed by atoms with Crippen LogP contribution in [0.15, 0.2) is 71.2 Å². The summed E-state index contributed by atoms with van der Waals surface area (Å²) in [4.78, 5) is 15.3. The van der Waals surface area contributed by atoms with Gasteiger partial charge in [-0.2, -0.15) is 0 Å². The zero-order valence-corrected chi connectivity index (χ0v) is 13.0. The van der Waals surface area contributed by atoms with E-state index in [9.17, 15) is 4.79 Å². The van der Waals surface area contributed by atoms with E-state index in [1.807, 2.05) is 30.3 Å². The van der Waals surface area contributed by atoms with Gasteiger partial charge in [0.15, 0.2) is 0 Å². The zero-order valence-electron chi connectivity index (χ0n) is 13.0. The molecule has 0 spiro atoms. The Morgan fingerprint density at radius 2 is 1.57 bits per heavy atom. The van der Waals surface area contributed by atoms with Gasteiger partial charge in [0.25, 0.3) is 5.91 Å². The molecule has 2 rings (SSSR count). The summed E-state index contributed by atoms with van der Waals surface area (Å²) in [5.41, 5.74) is 5.53. The Hall–Kier alpha value is -3.08. The van der Waals surface area contributed by atoms with Gasteiger partial charge in [0, 0.05) is 7.05 Å². The lowest BCUT2D eigenvalue weighted by atomic mass is 10.2. The maximum Gasteiger partial charge on any atom is 0.253 e. The number of nitrogens with zero attached hydrogens (tertiary/aromatic N) is 1. The molecule has 0 aliphatic heterocycles. The molecule has 1 amide bonds. The molecular weight excluding hydrogens is 292 g/mol. The summed E-state index contributed by atoms with van der Waals surface area (Å²) in [6, 6.07) is 16.5. The van der Waals surface area contributed by atoms with Crippen molar-refractivity contribution in [2.24, 2.45) is 10.7 Å². The molecule has 0 unspecified atom stereocenters. The number of hydrogen-bond acceptors (Lipinski definition) is 4. The third-order valence-corrected chi connectivity index (χ3v) is 3.00. The first-order valence-corrected chi connectivity index (χ1v) is 7.08. The summed E-state index contributed by atoms with van der Waals surface area (Å²) >= 11 is 0. The molecule has 0 aliphatic carbocycles. The highest BCUT2D eigenvalue weighted by molar-refractivity contribution is 6.18. The number of aliphatic imine (C=N–C) groups is 1. The number of para-hydroxylation sites is 1. The number of benzene rings is 2. The van der Waals surface area contributed by atoms with Gasteiger partial charge in [0.2, 0.25) is 5.90 Å². The maximum absolute atomic E-state index is 11.4. The van der Waals surface area contributed by atoms with Crippen LogP contribution in [0.25, 0.3) is 0 Å². The van der Waals surface area contributed by atoms with Gasteiger partial charge in [-0.05, 0) is 43.3 Å². The Morgan fingerprint density at radius 1 is 1.00 bits per heavy atom. The molecule has 2 N–H and O–H groups in total. The molecule has 5 heteroatoms. The van der Waals surface area contributed by atoms with Crippen molar-refractivity contribution >= 4 is 11.8 Å². The molecule has 0 bridgehead atoms. The molecule has 2 aromatic rings. The van der Waals surface area contributed by atoms with Crippen LogP contribution in [0.1, 0.15) is 6.92 Å². The summed E-state index contributed by atoms with van der Waals surface area (Å²) < 4.78 is 11.3. The molecule has 23 heavy (non-hydrogen) atoms. The molecule has 0 radical (unpaired) electrons. The topological polar surface area (TPSA) is 73.9 Å². The molecule has 0 aromatic heterocycles. The lowest BCUT2D eigenvalue weighted by Crippen LogP contribution is -2.24. The van der Waals surface area contributed by atoms with Crippen molar-refractivity contribution in [2.45, 2.75) is 6.92 Å². The fourth-order valence-corrected chi connectivity index (χ4v) is 1.90. The van der Waals surface area contributed by atoms with E-state index in [1.54, 1.807) is 37.3 Å². The normalized spacial score (nSPS) is 11.9. The third-order valence-electron chi connectivity index (χ3n) is 3.00. The molecule has 0 atom stereocenters. The first kappa shape index (κ1) is 16.3. The van der Waals surface area contributed by atoms with E-state index >= 15 is 0 Å². The van der Waals surface area contributed by atoms with Crippen LogP contribution < -0.4 is 15.2 Å². The maximum atomic E-state index is 11.4. The van der Waals surface area contributed by atoms with E-state index in [4.69, 9.17) is 15.2 Å². The quantitative estimate of drug-likeness (QED) is 0.523. The van der Waals surface area contributed by atoms with Crippen molar-refractivity contribution in [3.05, 3.63) is 66.2 Å². The van der Waals surface area contributed by atoms with Gasteiger partial charge in [-0.1, -0.05) is 24.3 Å². The minimum atomic E-state index is -0.586. The van der Waals surface area contributed by atoms with Gasteiger partial charge < -0.3 is 15.2 Å². The van der Waals surface area contributed by atoms with Crippen molar-refractivity contribution in [1.29, 1.82) is 0 Å². The SMILES string of the molecule is C/C=C(C(N)=O)\C(=N/C)Oc1ccc(Oc2ccccc2)cc1. The fourth-order valence-electron chi connectivity index (χ4n) is 1.90. The van der Waals surface area contributed by atoms with E-state index < -0.39 is 5.91 Å². The van der Waals surface area contributed by atoms with E-state index in [-0.39, 0.29) is 11.5 Å². The lowest BCUT2D eigenvalue weighted by molar-refractivity contribution is -0.114. The Kier molecular flexibility index (Phi) is 5.52. The van der Waals surface area contributed by atoms with Crippen LogP contribution in [-0.4, -0.2) is 18.9 Å². The van der Waals surface area contributed by atoms with Gasteiger partial charge in [-0.25, -0.2) is 0 Å². The van der Waals surface area contributed by atoms with Gasteiger partial charge in [-0.15, -0.1) is 0 Å². The second-order valence-electron chi connectivity index (χ2n) is 4.58. The summed E-state index contributed by atoms with van der Waals surface area (Å²) in [5, 5.41) is 0. The second-order valence-corrected chi connectivity index (χ2v) is 4.58. The van der Waals surface area contributed by atoms with Crippen LogP contribution in [0.3, 0.4) is 0 Å². The summed E-state index contributed by atoms with van der Waals surface area (Å²) in [6.07, 6.45) is 1.57. The Balaban J connectivity index is 2.09. The van der Waals surface area contributed by atoms with Gasteiger partial charge in [0.05, 0.1) is 5.57 Å². The average Bonchev–Trinajstić information content (AvgIpc) is 2.57. The van der Waals surface area contributed by atoms with Crippen LogP contribution in [0.4, 0.5) is 0 Å². The Bertz CT molecular complexity index is 720. The molecule has 5 nitrogen and oxygen atoms in total. The number of carbonyl (C=O) groups excluding carboxylic acids is 1. The number of carbonyl (C=O) groups is 1. The minimum absolute atomic E-state index is 0.178. The average molecular weight is 310 g/mol. The van der Waals surface area contributed by atoms with Crippen molar-refractivity contribution in [2.75, 3.05) is 7.05 Å². The first-order chi connectivity index (χ1) is 11.1. The lowest BCUT2D eigenvalue weighted by Gasteiger charge is -2.10. The van der Waals surface area contributed by atoms with Crippen molar-refractivity contribution < 1.29 is 14.3 Å². The molecule has 0 aliphatic rings.